The molecule has 3 N–H and O–H groups in total. The van der Waals surface area contributed by atoms with Crippen LogP contribution in [0.1, 0.15) is 32.1 Å². The molecule has 0 aromatic carbocycles. The first kappa shape index (κ1) is 12.0. The summed E-state index contributed by atoms with van der Waals surface area (Å²) in [5.74, 6) is 0.148. The molecule has 1 aliphatic carbocycles. The monoisotopic (exact) mass is 208 g/mol. The highest BCUT2D eigenvalue weighted by Gasteiger charge is 2.03. The highest BCUT2D eigenvalue weighted by molar-refractivity contribution is 5.75. The Hall–Kier alpha value is -1.09. The first-order chi connectivity index (χ1) is 7.33. The van der Waals surface area contributed by atoms with Gasteiger partial charge in [-0.2, -0.15) is 0 Å². The minimum absolute atomic E-state index is 0.148. The van der Waals surface area contributed by atoms with E-state index >= 15 is 0 Å². The van der Waals surface area contributed by atoms with E-state index < -0.39 is 0 Å². The van der Waals surface area contributed by atoms with Crippen LogP contribution in [-0.2, 0) is 4.79 Å². The van der Waals surface area contributed by atoms with Gasteiger partial charge < -0.3 is 11.1 Å². The van der Waals surface area contributed by atoms with Gasteiger partial charge in [-0.3, -0.25) is 4.79 Å². The number of nitrogens with two attached hydrogens (primary N) is 1. The second-order valence-electron chi connectivity index (χ2n) is 3.80. The standard InChI is InChI=1S/C12H20N2O/c13-9-4-10-14-12(15)8-3-7-11-5-1-2-6-11/h1-2,5H,3-4,6-10,13H2,(H,14,15). The molecule has 0 aliphatic heterocycles. The van der Waals surface area contributed by atoms with Gasteiger partial charge in [0.2, 0.25) is 5.91 Å². The zero-order valence-corrected chi connectivity index (χ0v) is 9.17. The predicted molar refractivity (Wildman–Crippen MR) is 62.4 cm³/mol. The van der Waals surface area contributed by atoms with Crippen molar-refractivity contribution in [2.24, 2.45) is 5.73 Å². The molecule has 0 aromatic heterocycles. The first-order valence-corrected chi connectivity index (χ1v) is 5.64. The Morgan fingerprint density at radius 3 is 3.00 bits per heavy atom. The number of carbonyl (C=O) groups is 1. The zero-order valence-electron chi connectivity index (χ0n) is 9.17. The van der Waals surface area contributed by atoms with E-state index in [0.717, 1.165) is 25.7 Å². The topological polar surface area (TPSA) is 55.1 Å². The van der Waals surface area contributed by atoms with Gasteiger partial charge in [-0.05, 0) is 32.2 Å². The van der Waals surface area contributed by atoms with Crippen LogP contribution in [0.4, 0.5) is 0 Å². The summed E-state index contributed by atoms with van der Waals surface area (Å²) in [5, 5.41) is 2.85. The van der Waals surface area contributed by atoms with Gasteiger partial charge >= 0.3 is 0 Å². The molecule has 0 fully saturated rings. The molecule has 0 atom stereocenters. The molecule has 3 heteroatoms. The number of allylic oxidation sites excluding steroid dienone is 4. The molecular weight excluding hydrogens is 188 g/mol. The minimum Gasteiger partial charge on any atom is -0.356 e. The maximum absolute atomic E-state index is 11.3. The summed E-state index contributed by atoms with van der Waals surface area (Å²) in [6.07, 6.45) is 10.9. The molecule has 0 unspecified atom stereocenters. The number of carbonyl (C=O) groups excluding carboxylic acids is 1. The fourth-order valence-corrected chi connectivity index (χ4v) is 1.57. The van der Waals surface area contributed by atoms with Gasteiger partial charge in [-0.1, -0.05) is 23.8 Å². The summed E-state index contributed by atoms with van der Waals surface area (Å²) in [5.41, 5.74) is 6.77. The number of rotatable bonds is 7. The van der Waals surface area contributed by atoms with E-state index in [0.29, 0.717) is 19.5 Å². The molecule has 0 heterocycles. The minimum atomic E-state index is 0.148. The van der Waals surface area contributed by atoms with Gasteiger partial charge in [-0.25, -0.2) is 0 Å². The van der Waals surface area contributed by atoms with Crippen LogP contribution in [0.3, 0.4) is 0 Å². The van der Waals surface area contributed by atoms with Crippen LogP contribution in [-0.4, -0.2) is 19.0 Å². The smallest absolute Gasteiger partial charge is 0.220 e. The Morgan fingerprint density at radius 2 is 2.33 bits per heavy atom. The summed E-state index contributed by atoms with van der Waals surface area (Å²) >= 11 is 0. The van der Waals surface area contributed by atoms with Gasteiger partial charge in [0, 0.05) is 13.0 Å². The van der Waals surface area contributed by atoms with Crippen molar-refractivity contribution in [3.05, 3.63) is 23.8 Å². The van der Waals surface area contributed by atoms with E-state index in [2.05, 4.69) is 23.5 Å². The molecule has 15 heavy (non-hydrogen) atoms. The normalized spacial score (nSPS) is 14.1. The van der Waals surface area contributed by atoms with Crippen molar-refractivity contribution in [3.8, 4) is 0 Å². The number of nitrogens with one attached hydrogen (secondary N) is 1. The van der Waals surface area contributed by atoms with Gasteiger partial charge in [0.1, 0.15) is 0 Å². The highest BCUT2D eigenvalue weighted by atomic mass is 16.1. The molecule has 0 aromatic rings. The lowest BCUT2D eigenvalue weighted by molar-refractivity contribution is -0.121. The summed E-state index contributed by atoms with van der Waals surface area (Å²) in [6.45, 7) is 1.35. The maximum atomic E-state index is 11.3. The van der Waals surface area contributed by atoms with Crippen molar-refractivity contribution >= 4 is 5.91 Å². The SMILES string of the molecule is NCCCNC(=O)CCCC1=CC=CC1. The zero-order chi connectivity index (χ0) is 10.9. The van der Waals surface area contributed by atoms with Crippen LogP contribution in [0, 0.1) is 0 Å². The molecule has 0 saturated heterocycles. The Bertz CT molecular complexity index is 256. The summed E-state index contributed by atoms with van der Waals surface area (Å²) in [4.78, 5) is 11.3. The van der Waals surface area contributed by atoms with Gasteiger partial charge in [0.25, 0.3) is 0 Å². The summed E-state index contributed by atoms with van der Waals surface area (Å²) in [7, 11) is 0. The van der Waals surface area contributed by atoms with Gasteiger partial charge in [0.05, 0.1) is 0 Å². The second-order valence-corrected chi connectivity index (χ2v) is 3.80. The van der Waals surface area contributed by atoms with E-state index in [4.69, 9.17) is 5.73 Å². The lowest BCUT2D eigenvalue weighted by Gasteiger charge is -2.04. The molecule has 1 amide bonds. The van der Waals surface area contributed by atoms with Crippen LogP contribution in [0.2, 0.25) is 0 Å². The number of hydrogen-bond acceptors (Lipinski definition) is 2. The molecule has 0 radical (unpaired) electrons. The third kappa shape index (κ3) is 5.37. The van der Waals surface area contributed by atoms with Crippen molar-refractivity contribution in [2.45, 2.75) is 32.1 Å². The third-order valence-electron chi connectivity index (χ3n) is 2.45. The molecule has 84 valence electrons. The molecule has 1 rings (SSSR count). The lowest BCUT2D eigenvalue weighted by atomic mass is 10.1. The molecule has 1 aliphatic rings. The molecule has 0 saturated carbocycles. The van der Waals surface area contributed by atoms with Gasteiger partial charge in [0.15, 0.2) is 0 Å². The molecular formula is C12H20N2O. The largest absolute Gasteiger partial charge is 0.356 e. The van der Waals surface area contributed by atoms with Crippen molar-refractivity contribution in [1.82, 2.24) is 5.32 Å². The lowest BCUT2D eigenvalue weighted by Crippen LogP contribution is -2.25. The maximum Gasteiger partial charge on any atom is 0.220 e. The van der Waals surface area contributed by atoms with Crippen molar-refractivity contribution < 1.29 is 4.79 Å². The molecule has 3 nitrogen and oxygen atoms in total. The average Bonchev–Trinajstić information content (AvgIpc) is 2.71. The molecule has 0 bridgehead atoms. The highest BCUT2D eigenvalue weighted by Crippen LogP contribution is 2.16. The van der Waals surface area contributed by atoms with Crippen LogP contribution in [0.5, 0.6) is 0 Å². The Balaban J connectivity index is 1.97. The van der Waals surface area contributed by atoms with Crippen molar-refractivity contribution in [2.75, 3.05) is 13.1 Å². The van der Waals surface area contributed by atoms with Crippen LogP contribution >= 0.6 is 0 Å². The number of amides is 1. The van der Waals surface area contributed by atoms with E-state index in [1.54, 1.807) is 0 Å². The Kier molecular flexibility index (Phi) is 5.78. The quantitative estimate of drug-likeness (QED) is 0.623. The second kappa shape index (κ2) is 7.23. The predicted octanol–water partition coefficient (Wildman–Crippen LogP) is 1.51. The third-order valence-corrected chi connectivity index (χ3v) is 2.45. The Labute approximate surface area is 91.4 Å². The summed E-state index contributed by atoms with van der Waals surface area (Å²) in [6, 6.07) is 0. The van der Waals surface area contributed by atoms with Crippen LogP contribution in [0.15, 0.2) is 23.8 Å². The fraction of sp³-hybridized carbons (Fsp3) is 0.583. The first-order valence-electron chi connectivity index (χ1n) is 5.64. The van der Waals surface area contributed by atoms with E-state index in [1.807, 2.05) is 0 Å². The fourth-order valence-electron chi connectivity index (χ4n) is 1.57. The van der Waals surface area contributed by atoms with Crippen LogP contribution in [0.25, 0.3) is 0 Å². The summed E-state index contributed by atoms with van der Waals surface area (Å²) < 4.78 is 0. The van der Waals surface area contributed by atoms with Crippen LogP contribution < -0.4 is 11.1 Å². The van der Waals surface area contributed by atoms with Crippen molar-refractivity contribution in [1.29, 1.82) is 0 Å². The van der Waals surface area contributed by atoms with Crippen molar-refractivity contribution in [3.63, 3.8) is 0 Å². The van der Waals surface area contributed by atoms with E-state index in [9.17, 15) is 4.79 Å². The van der Waals surface area contributed by atoms with E-state index in [-0.39, 0.29) is 5.91 Å². The average molecular weight is 208 g/mol. The van der Waals surface area contributed by atoms with Gasteiger partial charge in [-0.15, -0.1) is 0 Å². The Morgan fingerprint density at radius 1 is 1.47 bits per heavy atom. The van der Waals surface area contributed by atoms with E-state index in [1.165, 1.54) is 5.57 Å². The molecule has 0 spiro atoms. The number of hydrogen-bond donors (Lipinski definition) is 2.